The van der Waals surface area contributed by atoms with Gasteiger partial charge in [-0.1, -0.05) is 35.9 Å². The number of imide groups is 2. The fraction of sp³-hybridized carbons (Fsp3) is 0.400. The fourth-order valence-electron chi connectivity index (χ4n) is 5.64. The minimum atomic E-state index is -1.41. The highest BCUT2D eigenvalue weighted by Crippen LogP contribution is 2.49. The summed E-state index contributed by atoms with van der Waals surface area (Å²) in [7, 11) is 0. The first-order chi connectivity index (χ1) is 15.9. The van der Waals surface area contributed by atoms with Crippen LogP contribution in [0.5, 0.6) is 0 Å². The quantitative estimate of drug-likeness (QED) is 0.649. The van der Waals surface area contributed by atoms with Crippen LogP contribution >= 0.6 is 11.6 Å². The molecule has 2 saturated heterocycles. The van der Waals surface area contributed by atoms with E-state index in [-0.39, 0.29) is 19.5 Å². The number of barbiturate groups is 1. The SMILES string of the molecule is CCN1C(=O)N(CC)C(=O)C2(Cc3c(Cl)cccc3N3CCN(c4ccccc4)CC32)C1=O. The molecule has 1 atom stereocenters. The van der Waals surface area contributed by atoms with Gasteiger partial charge in [0.15, 0.2) is 5.41 Å². The van der Waals surface area contributed by atoms with Gasteiger partial charge < -0.3 is 9.80 Å². The van der Waals surface area contributed by atoms with Crippen LogP contribution in [0.3, 0.4) is 0 Å². The van der Waals surface area contributed by atoms with Crippen LogP contribution in [-0.4, -0.2) is 66.4 Å². The number of hydrogen-bond donors (Lipinski definition) is 0. The Morgan fingerprint density at radius 3 is 2.21 bits per heavy atom. The van der Waals surface area contributed by atoms with Crippen molar-refractivity contribution in [3.63, 3.8) is 0 Å². The normalized spacial score (nSPS) is 22.0. The van der Waals surface area contributed by atoms with Crippen LogP contribution in [0.4, 0.5) is 16.2 Å². The molecule has 0 aromatic heterocycles. The van der Waals surface area contributed by atoms with Gasteiger partial charge in [-0.2, -0.15) is 0 Å². The second kappa shape index (κ2) is 8.06. The van der Waals surface area contributed by atoms with E-state index >= 15 is 0 Å². The first-order valence-corrected chi connectivity index (χ1v) is 11.8. The molecular formula is C25H27ClN4O3. The molecule has 0 bridgehead atoms. The molecule has 3 heterocycles. The predicted octanol–water partition coefficient (Wildman–Crippen LogP) is 3.41. The van der Waals surface area contributed by atoms with Gasteiger partial charge in [0.05, 0.1) is 6.04 Å². The maximum Gasteiger partial charge on any atom is 0.333 e. The number of para-hydroxylation sites is 1. The van der Waals surface area contributed by atoms with Gasteiger partial charge in [-0.15, -0.1) is 0 Å². The Kier molecular flexibility index (Phi) is 5.32. The highest BCUT2D eigenvalue weighted by atomic mass is 35.5. The van der Waals surface area contributed by atoms with Crippen molar-refractivity contribution in [2.24, 2.45) is 5.41 Å². The van der Waals surface area contributed by atoms with Crippen LogP contribution < -0.4 is 9.80 Å². The number of carbonyl (C=O) groups excluding carboxylic acids is 3. The molecule has 0 aliphatic carbocycles. The number of hydrogen-bond acceptors (Lipinski definition) is 5. The van der Waals surface area contributed by atoms with E-state index < -0.39 is 29.3 Å². The molecule has 1 spiro atoms. The third kappa shape index (κ3) is 3.05. The molecule has 0 radical (unpaired) electrons. The average molecular weight is 467 g/mol. The summed E-state index contributed by atoms with van der Waals surface area (Å²) in [5, 5.41) is 0.541. The summed E-state index contributed by atoms with van der Waals surface area (Å²) in [5.41, 5.74) is 1.41. The number of rotatable bonds is 3. The van der Waals surface area contributed by atoms with Gasteiger partial charge in [0.2, 0.25) is 11.8 Å². The maximum atomic E-state index is 14.0. The number of nitrogens with zero attached hydrogens (tertiary/aromatic N) is 4. The van der Waals surface area contributed by atoms with Crippen LogP contribution in [0.1, 0.15) is 19.4 Å². The Balaban J connectivity index is 1.69. The zero-order valence-electron chi connectivity index (χ0n) is 18.8. The van der Waals surface area contributed by atoms with E-state index in [1.807, 2.05) is 42.5 Å². The first-order valence-electron chi connectivity index (χ1n) is 11.5. The van der Waals surface area contributed by atoms with Gasteiger partial charge in [-0.3, -0.25) is 19.4 Å². The zero-order chi connectivity index (χ0) is 23.3. The summed E-state index contributed by atoms with van der Waals surface area (Å²) in [4.78, 5) is 47.8. The van der Waals surface area contributed by atoms with Crippen LogP contribution in [0.15, 0.2) is 48.5 Å². The predicted molar refractivity (Wildman–Crippen MR) is 128 cm³/mol. The van der Waals surface area contributed by atoms with E-state index in [2.05, 4.69) is 9.80 Å². The van der Waals surface area contributed by atoms with Crippen LogP contribution in [0, 0.1) is 5.41 Å². The van der Waals surface area contributed by atoms with Crippen molar-refractivity contribution < 1.29 is 14.4 Å². The molecule has 1 unspecified atom stereocenters. The van der Waals surface area contributed by atoms with Crippen molar-refractivity contribution in [3.8, 4) is 0 Å². The van der Waals surface area contributed by atoms with E-state index in [4.69, 9.17) is 11.6 Å². The Morgan fingerprint density at radius 1 is 0.909 bits per heavy atom. The van der Waals surface area contributed by atoms with Gasteiger partial charge >= 0.3 is 6.03 Å². The molecule has 3 aliphatic heterocycles. The minimum absolute atomic E-state index is 0.184. The Bertz CT molecular complexity index is 1100. The molecular weight excluding hydrogens is 440 g/mol. The number of anilines is 2. The summed E-state index contributed by atoms with van der Waals surface area (Å²) >= 11 is 6.61. The highest BCUT2D eigenvalue weighted by Gasteiger charge is 2.64. The van der Waals surface area contributed by atoms with Crippen molar-refractivity contribution >= 4 is 40.8 Å². The molecule has 0 saturated carbocycles. The molecule has 7 nitrogen and oxygen atoms in total. The van der Waals surface area contributed by atoms with E-state index in [0.29, 0.717) is 18.1 Å². The molecule has 8 heteroatoms. The molecule has 0 N–H and O–H groups in total. The number of halogens is 1. The van der Waals surface area contributed by atoms with Crippen LogP contribution in [0.25, 0.3) is 0 Å². The van der Waals surface area contributed by atoms with Crippen molar-refractivity contribution in [3.05, 3.63) is 59.1 Å². The molecule has 2 fully saturated rings. The Hall–Kier alpha value is -3.06. The third-order valence-electron chi connectivity index (χ3n) is 7.28. The molecule has 5 rings (SSSR count). The minimum Gasteiger partial charge on any atom is -0.368 e. The highest BCUT2D eigenvalue weighted by molar-refractivity contribution is 6.32. The van der Waals surface area contributed by atoms with Crippen LogP contribution in [-0.2, 0) is 16.0 Å². The van der Waals surface area contributed by atoms with Gasteiger partial charge in [0, 0.05) is 55.5 Å². The lowest BCUT2D eigenvalue weighted by molar-refractivity contribution is -0.160. The number of benzene rings is 2. The standard InChI is InChI=1S/C25H27ClN4O3/c1-3-28-22(31)25(23(32)29(4-2)24(28)33)15-18-19(26)11-8-12-20(18)30-14-13-27(16-21(25)30)17-9-6-5-7-10-17/h5-12,21H,3-4,13-16H2,1-2H3. The topological polar surface area (TPSA) is 64.2 Å². The number of piperazine rings is 1. The van der Waals surface area contributed by atoms with Gasteiger partial charge in [0.25, 0.3) is 0 Å². The largest absolute Gasteiger partial charge is 0.368 e. The monoisotopic (exact) mass is 466 g/mol. The van der Waals surface area contributed by atoms with Crippen molar-refractivity contribution in [1.82, 2.24) is 9.80 Å². The lowest BCUT2D eigenvalue weighted by atomic mass is 9.67. The molecule has 2 aromatic rings. The van der Waals surface area contributed by atoms with Crippen molar-refractivity contribution in [2.45, 2.75) is 26.3 Å². The smallest absolute Gasteiger partial charge is 0.333 e. The number of carbonyl (C=O) groups is 3. The average Bonchev–Trinajstić information content (AvgIpc) is 2.84. The third-order valence-corrected chi connectivity index (χ3v) is 7.63. The molecule has 172 valence electrons. The van der Waals surface area contributed by atoms with Crippen LogP contribution in [0.2, 0.25) is 5.02 Å². The first kappa shape index (κ1) is 21.8. The van der Waals surface area contributed by atoms with E-state index in [1.165, 1.54) is 9.80 Å². The van der Waals surface area contributed by atoms with E-state index in [0.717, 1.165) is 23.5 Å². The maximum absolute atomic E-state index is 14.0. The summed E-state index contributed by atoms with van der Waals surface area (Å²) in [5.74, 6) is -0.833. The lowest BCUT2D eigenvalue weighted by Crippen LogP contribution is -2.75. The Morgan fingerprint density at radius 2 is 1.58 bits per heavy atom. The fourth-order valence-corrected chi connectivity index (χ4v) is 5.88. The number of urea groups is 1. The summed E-state index contributed by atoms with van der Waals surface area (Å²) < 4.78 is 0. The van der Waals surface area contributed by atoms with E-state index in [1.54, 1.807) is 19.9 Å². The van der Waals surface area contributed by atoms with Gasteiger partial charge in [-0.05, 0) is 43.7 Å². The van der Waals surface area contributed by atoms with Crippen molar-refractivity contribution in [2.75, 3.05) is 42.5 Å². The zero-order valence-corrected chi connectivity index (χ0v) is 19.6. The summed E-state index contributed by atoms with van der Waals surface area (Å²) in [6.07, 6.45) is 0.184. The number of fused-ring (bicyclic) bond motifs is 4. The molecule has 33 heavy (non-hydrogen) atoms. The number of amides is 4. The van der Waals surface area contributed by atoms with Gasteiger partial charge in [-0.25, -0.2) is 4.79 Å². The molecule has 4 amide bonds. The molecule has 2 aromatic carbocycles. The lowest BCUT2D eigenvalue weighted by Gasteiger charge is -2.57. The van der Waals surface area contributed by atoms with E-state index in [9.17, 15) is 14.4 Å². The summed E-state index contributed by atoms with van der Waals surface area (Å²) in [6.45, 7) is 5.86. The summed E-state index contributed by atoms with van der Waals surface area (Å²) in [6, 6.07) is 14.8. The second-order valence-electron chi connectivity index (χ2n) is 8.76. The van der Waals surface area contributed by atoms with Crippen molar-refractivity contribution in [1.29, 1.82) is 0 Å². The second-order valence-corrected chi connectivity index (χ2v) is 9.16. The van der Waals surface area contributed by atoms with Gasteiger partial charge in [0.1, 0.15) is 0 Å². The Labute approximate surface area is 198 Å². The molecule has 3 aliphatic rings.